The highest BCUT2D eigenvalue weighted by Crippen LogP contribution is 2.42. The molecule has 3 rings (SSSR count). The molecule has 9 nitrogen and oxygen atoms in total. The lowest BCUT2D eigenvalue weighted by atomic mass is 9.85. The zero-order valence-corrected chi connectivity index (χ0v) is 21.5. The van der Waals surface area contributed by atoms with E-state index < -0.39 is 10.0 Å². The van der Waals surface area contributed by atoms with Crippen molar-refractivity contribution in [1.82, 2.24) is 14.5 Å². The smallest absolute Gasteiger partial charge is 0.236 e. The molecule has 0 spiro atoms. The van der Waals surface area contributed by atoms with Crippen molar-refractivity contribution in [2.24, 2.45) is 11.7 Å². The third-order valence-corrected chi connectivity index (χ3v) is 7.60. The maximum Gasteiger partial charge on any atom is 0.236 e. The van der Waals surface area contributed by atoms with Crippen molar-refractivity contribution in [2.75, 3.05) is 52.3 Å². The average Bonchev–Trinajstić information content (AvgIpc) is 3.37. The number of carbonyl (C=O) groups is 1. The molecule has 3 atom stereocenters. The molecule has 10 heteroatoms. The fraction of sp³-hybridized carbons (Fsp3) is 0.708. The van der Waals surface area contributed by atoms with Crippen LogP contribution in [0.2, 0.25) is 0 Å². The van der Waals surface area contributed by atoms with E-state index in [2.05, 4.69) is 29.5 Å². The van der Waals surface area contributed by atoms with Crippen LogP contribution in [0.1, 0.15) is 51.0 Å². The highest BCUT2D eigenvalue weighted by atomic mass is 32.2. The summed E-state index contributed by atoms with van der Waals surface area (Å²) in [7, 11) is -3.27. The first-order chi connectivity index (χ1) is 16.2. The molecule has 0 bridgehead atoms. The third-order valence-electron chi connectivity index (χ3n) is 6.88. The maximum atomic E-state index is 13.3. The van der Waals surface area contributed by atoms with E-state index in [1.54, 1.807) is 0 Å². The van der Waals surface area contributed by atoms with Crippen LogP contribution in [-0.2, 0) is 14.8 Å². The molecule has 2 heterocycles. The van der Waals surface area contributed by atoms with Gasteiger partial charge in [0.2, 0.25) is 22.7 Å². The first-order valence-electron chi connectivity index (χ1n) is 12.3. The van der Waals surface area contributed by atoms with Gasteiger partial charge in [0.25, 0.3) is 0 Å². The molecule has 0 aliphatic carbocycles. The molecule has 1 saturated heterocycles. The first kappa shape index (κ1) is 26.7. The Balaban J connectivity index is 1.76. The second-order valence-corrected chi connectivity index (χ2v) is 11.2. The molecule has 3 N–H and O–H groups in total. The van der Waals surface area contributed by atoms with Crippen LogP contribution in [0.3, 0.4) is 0 Å². The van der Waals surface area contributed by atoms with E-state index in [0.29, 0.717) is 32.6 Å². The average molecular weight is 497 g/mol. The number of hydrogen-bond acceptors (Lipinski definition) is 7. The third kappa shape index (κ3) is 7.07. The summed E-state index contributed by atoms with van der Waals surface area (Å²) < 4.78 is 36.9. The summed E-state index contributed by atoms with van der Waals surface area (Å²) >= 11 is 0. The zero-order valence-electron chi connectivity index (χ0n) is 20.7. The van der Waals surface area contributed by atoms with Crippen LogP contribution in [0.5, 0.6) is 11.5 Å². The minimum absolute atomic E-state index is 0.0798. The van der Waals surface area contributed by atoms with Crippen molar-refractivity contribution in [3.05, 3.63) is 23.8 Å². The van der Waals surface area contributed by atoms with Gasteiger partial charge in [0.15, 0.2) is 11.5 Å². The van der Waals surface area contributed by atoms with Gasteiger partial charge in [-0.3, -0.25) is 9.69 Å². The van der Waals surface area contributed by atoms with Gasteiger partial charge in [-0.15, -0.1) is 0 Å². The SMILES string of the molecule is CCCCN(CCCN)C(=O)CN1C[C@H](c2ccc3c(c2)OCO3)[C@@H](C)[C@@H]1CCNS(C)(=O)=O. The number of likely N-dealkylation sites (tertiary alicyclic amines) is 1. The Morgan fingerprint density at radius 3 is 2.68 bits per heavy atom. The van der Waals surface area contributed by atoms with Crippen LogP contribution in [0, 0.1) is 5.92 Å². The molecule has 1 fully saturated rings. The van der Waals surface area contributed by atoms with Gasteiger partial charge < -0.3 is 20.1 Å². The number of unbranched alkanes of at least 4 members (excludes halogenated alkanes) is 1. The van der Waals surface area contributed by atoms with E-state index in [9.17, 15) is 13.2 Å². The molecule has 34 heavy (non-hydrogen) atoms. The summed E-state index contributed by atoms with van der Waals surface area (Å²) in [5.41, 5.74) is 6.85. The highest BCUT2D eigenvalue weighted by molar-refractivity contribution is 7.88. The number of fused-ring (bicyclic) bond motifs is 1. The van der Waals surface area contributed by atoms with Gasteiger partial charge in [0.1, 0.15) is 0 Å². The minimum Gasteiger partial charge on any atom is -0.454 e. The van der Waals surface area contributed by atoms with Gasteiger partial charge in [-0.2, -0.15) is 0 Å². The van der Waals surface area contributed by atoms with E-state index >= 15 is 0 Å². The Morgan fingerprint density at radius 2 is 1.97 bits per heavy atom. The van der Waals surface area contributed by atoms with Crippen molar-refractivity contribution in [3.8, 4) is 11.5 Å². The topological polar surface area (TPSA) is 114 Å². The maximum absolute atomic E-state index is 13.3. The van der Waals surface area contributed by atoms with E-state index in [-0.39, 0.29) is 30.6 Å². The Morgan fingerprint density at radius 1 is 1.24 bits per heavy atom. The molecule has 2 aliphatic heterocycles. The zero-order chi connectivity index (χ0) is 24.7. The summed E-state index contributed by atoms with van der Waals surface area (Å²) in [6.07, 6.45) is 4.59. The Hall–Kier alpha value is -1.88. The van der Waals surface area contributed by atoms with Crippen molar-refractivity contribution < 1.29 is 22.7 Å². The number of rotatable bonds is 13. The second-order valence-electron chi connectivity index (χ2n) is 9.41. The van der Waals surface area contributed by atoms with Crippen LogP contribution in [0.4, 0.5) is 0 Å². The van der Waals surface area contributed by atoms with Gasteiger partial charge >= 0.3 is 0 Å². The Labute approximate surface area is 204 Å². The van der Waals surface area contributed by atoms with E-state index in [1.807, 2.05) is 17.0 Å². The fourth-order valence-corrected chi connectivity index (χ4v) is 5.48. The highest BCUT2D eigenvalue weighted by Gasteiger charge is 2.40. The van der Waals surface area contributed by atoms with Crippen molar-refractivity contribution in [3.63, 3.8) is 0 Å². The molecule has 0 unspecified atom stereocenters. The summed E-state index contributed by atoms with van der Waals surface area (Å²) in [6, 6.07) is 6.13. The lowest BCUT2D eigenvalue weighted by Gasteiger charge is -2.30. The van der Waals surface area contributed by atoms with Crippen LogP contribution < -0.4 is 19.9 Å². The van der Waals surface area contributed by atoms with Crippen LogP contribution in [0.25, 0.3) is 0 Å². The number of sulfonamides is 1. The van der Waals surface area contributed by atoms with E-state index in [0.717, 1.165) is 49.4 Å². The second kappa shape index (κ2) is 12.2. The van der Waals surface area contributed by atoms with Gasteiger partial charge in [-0.25, -0.2) is 13.1 Å². The van der Waals surface area contributed by atoms with E-state index in [4.69, 9.17) is 15.2 Å². The summed E-state index contributed by atoms with van der Waals surface area (Å²) in [4.78, 5) is 17.4. The molecule has 0 radical (unpaired) electrons. The standard InChI is InChI=1S/C24H40N4O5S/c1-4-5-12-27(13-6-10-25)24(29)16-28-15-20(18(2)21(28)9-11-26-34(3,30)31)19-7-8-22-23(14-19)33-17-32-22/h7-8,14,18,20-21,26H,4-6,9-13,15-17,25H2,1-3H3/t18-,20+,21+/m1/s1. The quantitative estimate of drug-likeness (QED) is 0.427. The summed E-state index contributed by atoms with van der Waals surface area (Å²) in [5.74, 6) is 2.06. The van der Waals surface area contributed by atoms with Crippen molar-refractivity contribution in [2.45, 2.75) is 51.5 Å². The molecule has 192 valence electrons. The minimum atomic E-state index is -3.27. The van der Waals surface area contributed by atoms with Gasteiger partial charge in [-0.1, -0.05) is 26.3 Å². The summed E-state index contributed by atoms with van der Waals surface area (Å²) in [5, 5.41) is 0. The van der Waals surface area contributed by atoms with Gasteiger partial charge in [0.05, 0.1) is 12.8 Å². The largest absolute Gasteiger partial charge is 0.454 e. The molecule has 1 amide bonds. The Kier molecular flexibility index (Phi) is 9.58. The van der Waals surface area contributed by atoms with Crippen LogP contribution in [-0.4, -0.2) is 82.5 Å². The number of benzene rings is 1. The molecule has 0 saturated carbocycles. The van der Waals surface area contributed by atoms with E-state index in [1.165, 1.54) is 6.26 Å². The lowest BCUT2D eigenvalue weighted by molar-refractivity contribution is -0.132. The number of hydrogen-bond donors (Lipinski definition) is 2. The van der Waals surface area contributed by atoms with Gasteiger partial charge in [0, 0.05) is 38.1 Å². The number of nitrogens with zero attached hydrogens (tertiary/aromatic N) is 2. The van der Waals surface area contributed by atoms with Crippen molar-refractivity contribution in [1.29, 1.82) is 0 Å². The number of ether oxygens (including phenoxy) is 2. The number of nitrogens with two attached hydrogens (primary N) is 1. The lowest BCUT2D eigenvalue weighted by Crippen LogP contribution is -2.44. The molecular formula is C24H40N4O5S. The van der Waals surface area contributed by atoms with Crippen molar-refractivity contribution >= 4 is 15.9 Å². The Bertz CT molecular complexity index is 918. The normalized spacial score (nSPS) is 22.3. The molecule has 0 aromatic heterocycles. The predicted molar refractivity (Wildman–Crippen MR) is 132 cm³/mol. The molecule has 1 aromatic carbocycles. The molecule has 2 aliphatic rings. The number of nitrogens with one attached hydrogen (secondary N) is 1. The number of amides is 1. The molecular weight excluding hydrogens is 456 g/mol. The van der Waals surface area contributed by atoms with Crippen LogP contribution in [0.15, 0.2) is 18.2 Å². The molecule has 1 aromatic rings. The fourth-order valence-electron chi connectivity index (χ4n) is 4.99. The number of carbonyl (C=O) groups excluding carboxylic acids is 1. The predicted octanol–water partition coefficient (Wildman–Crippen LogP) is 1.74. The summed E-state index contributed by atoms with van der Waals surface area (Å²) in [6.45, 7) is 7.91. The monoisotopic (exact) mass is 496 g/mol. The van der Waals surface area contributed by atoms with Crippen LogP contribution >= 0.6 is 0 Å². The van der Waals surface area contributed by atoms with Gasteiger partial charge in [-0.05, 0) is 49.4 Å². The first-order valence-corrected chi connectivity index (χ1v) is 14.2.